The fourth-order valence-corrected chi connectivity index (χ4v) is 2.53. The fourth-order valence-electron chi connectivity index (χ4n) is 1.89. The van der Waals surface area contributed by atoms with Crippen molar-refractivity contribution < 1.29 is 18.7 Å². The van der Waals surface area contributed by atoms with Crippen molar-refractivity contribution in [1.82, 2.24) is 10.6 Å². The van der Waals surface area contributed by atoms with Crippen LogP contribution >= 0.6 is 11.3 Å². The lowest BCUT2D eigenvalue weighted by Crippen LogP contribution is -2.37. The van der Waals surface area contributed by atoms with Crippen LogP contribution in [0.4, 0.5) is 4.39 Å². The van der Waals surface area contributed by atoms with Crippen molar-refractivity contribution >= 4 is 23.2 Å². The normalized spacial score (nSPS) is 10.2. The van der Waals surface area contributed by atoms with Crippen LogP contribution in [0, 0.1) is 5.82 Å². The van der Waals surface area contributed by atoms with Crippen molar-refractivity contribution in [2.24, 2.45) is 0 Å². The zero-order chi connectivity index (χ0) is 17.2. The molecule has 2 N–H and O–H groups in total. The van der Waals surface area contributed by atoms with Crippen molar-refractivity contribution in [3.63, 3.8) is 0 Å². The van der Waals surface area contributed by atoms with Crippen molar-refractivity contribution in [1.29, 1.82) is 0 Å². The quantitative estimate of drug-likeness (QED) is 0.683. The summed E-state index contributed by atoms with van der Waals surface area (Å²) in [5.74, 6) is -0.139. The van der Waals surface area contributed by atoms with E-state index in [9.17, 15) is 14.0 Å². The van der Waals surface area contributed by atoms with Crippen LogP contribution in [0.3, 0.4) is 0 Å². The molecular formula is C17H19FN2O3S. The maximum atomic E-state index is 12.7. The minimum Gasteiger partial charge on any atom is -0.494 e. The summed E-state index contributed by atoms with van der Waals surface area (Å²) in [5, 5.41) is 7.11. The van der Waals surface area contributed by atoms with Crippen molar-refractivity contribution in [3.05, 3.63) is 52.5 Å². The van der Waals surface area contributed by atoms with E-state index in [0.29, 0.717) is 23.8 Å². The van der Waals surface area contributed by atoms with Crippen molar-refractivity contribution in [2.45, 2.75) is 12.8 Å². The molecule has 1 aromatic carbocycles. The second kappa shape index (κ2) is 9.67. The van der Waals surface area contributed by atoms with Crippen LogP contribution in [-0.2, 0) is 4.79 Å². The van der Waals surface area contributed by atoms with E-state index in [4.69, 9.17) is 4.74 Å². The Bertz CT molecular complexity index is 644. The fraction of sp³-hybridized carbons (Fsp3) is 0.294. The zero-order valence-corrected chi connectivity index (χ0v) is 13.9. The first-order chi connectivity index (χ1) is 11.6. The number of benzene rings is 1. The standard InChI is InChI=1S/C17H19FN2O3S/c18-13-5-7-14(8-6-13)23-10-2-1-9-19-16(21)12-20-17(22)15-4-3-11-24-15/h3-8,11H,1-2,9-10,12H2,(H,19,21)(H,20,22). The predicted molar refractivity (Wildman–Crippen MR) is 90.8 cm³/mol. The van der Waals surface area contributed by atoms with Gasteiger partial charge in [-0.05, 0) is 48.6 Å². The molecule has 0 aliphatic heterocycles. The molecule has 0 radical (unpaired) electrons. The van der Waals surface area contributed by atoms with Gasteiger partial charge >= 0.3 is 0 Å². The van der Waals surface area contributed by atoms with Crippen LogP contribution in [-0.4, -0.2) is 31.5 Å². The second-order valence-electron chi connectivity index (χ2n) is 5.02. The Morgan fingerprint density at radius 3 is 2.58 bits per heavy atom. The van der Waals surface area contributed by atoms with Crippen molar-refractivity contribution in [2.75, 3.05) is 19.7 Å². The van der Waals surface area contributed by atoms with Crippen LogP contribution in [0.2, 0.25) is 0 Å². The van der Waals surface area contributed by atoms with E-state index < -0.39 is 0 Å². The summed E-state index contributed by atoms with van der Waals surface area (Å²) < 4.78 is 18.2. The molecule has 1 heterocycles. The summed E-state index contributed by atoms with van der Waals surface area (Å²) in [7, 11) is 0. The molecule has 128 valence electrons. The molecule has 2 rings (SSSR count). The van der Waals surface area contributed by atoms with E-state index in [1.807, 2.05) is 5.38 Å². The maximum Gasteiger partial charge on any atom is 0.261 e. The summed E-state index contributed by atoms with van der Waals surface area (Å²) >= 11 is 1.33. The van der Waals surface area contributed by atoms with Gasteiger partial charge in [0.05, 0.1) is 18.0 Å². The highest BCUT2D eigenvalue weighted by molar-refractivity contribution is 7.12. The summed E-state index contributed by atoms with van der Waals surface area (Å²) in [4.78, 5) is 23.9. The molecule has 7 heteroatoms. The first-order valence-corrected chi connectivity index (χ1v) is 8.50. The Morgan fingerprint density at radius 1 is 1.08 bits per heavy atom. The first kappa shape index (κ1) is 17.9. The highest BCUT2D eigenvalue weighted by atomic mass is 32.1. The number of thiophene rings is 1. The third-order valence-corrected chi connectivity index (χ3v) is 4.00. The van der Waals surface area contributed by atoms with Gasteiger partial charge in [0.1, 0.15) is 11.6 Å². The molecule has 0 fully saturated rings. The average molecular weight is 350 g/mol. The van der Waals surface area contributed by atoms with Crippen LogP contribution in [0.1, 0.15) is 22.5 Å². The highest BCUT2D eigenvalue weighted by Crippen LogP contribution is 2.11. The topological polar surface area (TPSA) is 67.4 Å². The number of ether oxygens (including phenoxy) is 1. The van der Waals surface area contributed by atoms with E-state index in [0.717, 1.165) is 12.8 Å². The Hall–Kier alpha value is -2.41. The van der Waals surface area contributed by atoms with Gasteiger partial charge in [-0.15, -0.1) is 11.3 Å². The third-order valence-electron chi connectivity index (χ3n) is 3.13. The molecule has 24 heavy (non-hydrogen) atoms. The summed E-state index contributed by atoms with van der Waals surface area (Å²) in [6.07, 6.45) is 1.52. The minimum atomic E-state index is -0.295. The summed E-state index contributed by atoms with van der Waals surface area (Å²) in [6.45, 7) is 0.972. The number of unbranched alkanes of at least 4 members (excludes halogenated alkanes) is 1. The van der Waals surface area contributed by atoms with Crippen LogP contribution < -0.4 is 15.4 Å². The Labute approximate surface area is 143 Å². The Morgan fingerprint density at radius 2 is 1.88 bits per heavy atom. The van der Waals surface area contributed by atoms with Gasteiger partial charge in [-0.25, -0.2) is 4.39 Å². The molecule has 0 atom stereocenters. The second-order valence-corrected chi connectivity index (χ2v) is 5.97. The molecule has 0 unspecified atom stereocenters. The van der Waals surface area contributed by atoms with Crippen LogP contribution in [0.15, 0.2) is 41.8 Å². The predicted octanol–water partition coefficient (Wildman–Crippen LogP) is 2.59. The van der Waals surface area contributed by atoms with Crippen molar-refractivity contribution in [3.8, 4) is 5.75 Å². The SMILES string of the molecule is O=C(CNC(=O)c1cccs1)NCCCCOc1ccc(F)cc1. The van der Waals surface area contributed by atoms with E-state index in [2.05, 4.69) is 10.6 Å². The number of nitrogens with one attached hydrogen (secondary N) is 2. The van der Waals surface area contributed by atoms with Crippen LogP contribution in [0.25, 0.3) is 0 Å². The molecule has 5 nitrogen and oxygen atoms in total. The number of rotatable bonds is 9. The number of amides is 2. The molecule has 0 aliphatic rings. The molecule has 0 aliphatic carbocycles. The molecule has 0 saturated heterocycles. The molecule has 0 bridgehead atoms. The lowest BCUT2D eigenvalue weighted by molar-refractivity contribution is -0.120. The molecule has 1 aromatic heterocycles. The highest BCUT2D eigenvalue weighted by Gasteiger charge is 2.08. The molecular weight excluding hydrogens is 331 g/mol. The van der Waals surface area contributed by atoms with Gasteiger partial charge in [0.15, 0.2) is 0 Å². The number of halogens is 1. The van der Waals surface area contributed by atoms with E-state index in [-0.39, 0.29) is 24.2 Å². The zero-order valence-electron chi connectivity index (χ0n) is 13.1. The number of hydrogen-bond donors (Lipinski definition) is 2. The van der Waals surface area contributed by atoms with Gasteiger partial charge in [0, 0.05) is 6.54 Å². The smallest absolute Gasteiger partial charge is 0.261 e. The van der Waals surface area contributed by atoms with Gasteiger partial charge < -0.3 is 15.4 Å². The number of hydrogen-bond acceptors (Lipinski definition) is 4. The molecule has 2 amide bonds. The van der Waals surface area contributed by atoms with Gasteiger partial charge in [-0.3, -0.25) is 9.59 Å². The third kappa shape index (κ3) is 6.37. The number of carbonyl (C=O) groups excluding carboxylic acids is 2. The van der Waals surface area contributed by atoms with Gasteiger partial charge in [0.25, 0.3) is 5.91 Å². The molecule has 0 saturated carbocycles. The first-order valence-electron chi connectivity index (χ1n) is 7.62. The molecule has 0 spiro atoms. The van der Waals surface area contributed by atoms with E-state index in [1.165, 1.54) is 23.5 Å². The van der Waals surface area contributed by atoms with E-state index >= 15 is 0 Å². The summed E-state index contributed by atoms with van der Waals surface area (Å²) in [6, 6.07) is 9.34. The van der Waals surface area contributed by atoms with Gasteiger partial charge in [0.2, 0.25) is 5.91 Å². The molecule has 2 aromatic rings. The van der Waals surface area contributed by atoms with Gasteiger partial charge in [-0.1, -0.05) is 6.07 Å². The lowest BCUT2D eigenvalue weighted by atomic mass is 10.3. The monoisotopic (exact) mass is 350 g/mol. The minimum absolute atomic E-state index is 0.0389. The van der Waals surface area contributed by atoms with Gasteiger partial charge in [-0.2, -0.15) is 0 Å². The van der Waals surface area contributed by atoms with Crippen LogP contribution in [0.5, 0.6) is 5.75 Å². The largest absolute Gasteiger partial charge is 0.494 e. The Kier molecular flexibility index (Phi) is 7.22. The van der Waals surface area contributed by atoms with E-state index in [1.54, 1.807) is 24.3 Å². The Balaban J connectivity index is 1.50. The lowest BCUT2D eigenvalue weighted by Gasteiger charge is -2.07. The maximum absolute atomic E-state index is 12.7. The number of carbonyl (C=O) groups is 2. The summed E-state index contributed by atoms with van der Waals surface area (Å²) in [5.41, 5.74) is 0. The average Bonchev–Trinajstić information content (AvgIpc) is 3.12.